The van der Waals surface area contributed by atoms with E-state index in [0.717, 1.165) is 0 Å². The van der Waals surface area contributed by atoms with Gasteiger partial charge in [0, 0.05) is 36.0 Å². The zero-order valence-electron chi connectivity index (χ0n) is 17.1. The molecule has 0 amide bonds. The van der Waals surface area contributed by atoms with E-state index in [4.69, 9.17) is 10.5 Å². The molecule has 1 heterocycles. The Morgan fingerprint density at radius 1 is 1.23 bits per heavy atom. The summed E-state index contributed by atoms with van der Waals surface area (Å²) in [6.45, 7) is 3.48. The van der Waals surface area contributed by atoms with Gasteiger partial charge in [-0.3, -0.25) is 4.98 Å². The molecule has 0 aliphatic carbocycles. The normalized spacial score (nSPS) is 14.7. The van der Waals surface area contributed by atoms with Crippen molar-refractivity contribution < 1.29 is 37.7 Å². The van der Waals surface area contributed by atoms with Gasteiger partial charge in [-0.1, -0.05) is 32.0 Å². The maximum Gasteiger partial charge on any atom is 0.573 e. The quantitative estimate of drug-likeness (QED) is 0.517. The average Bonchev–Trinajstić information content (AvgIpc) is 2.65. The molecule has 2 atom stereocenters. The van der Waals surface area contributed by atoms with Gasteiger partial charge in [-0.25, -0.2) is 4.79 Å². The summed E-state index contributed by atoms with van der Waals surface area (Å²) in [5.74, 6) is -1.55. The third-order valence-electron chi connectivity index (χ3n) is 4.54. The summed E-state index contributed by atoms with van der Waals surface area (Å²) >= 11 is 0. The second-order valence-corrected chi connectivity index (χ2v) is 7.57. The van der Waals surface area contributed by atoms with E-state index in [1.807, 2.05) is 13.8 Å². The standard InChI is InChI=1S/C21H25F3N2O5/c1-13(2)9-18(25)20(29,19(27)28)11-15-10-16(7-8-26-15)30-12-14-5-3-4-6-17(14)31-21(22,23)24/h3-8,10,13,18,29H,9,11-12,25H2,1-2H3,(H,27,28)/t18-,20+/m0/s1. The van der Waals surface area contributed by atoms with Crippen molar-refractivity contribution in [3.8, 4) is 11.5 Å². The summed E-state index contributed by atoms with van der Waals surface area (Å²) in [5, 5.41) is 20.2. The van der Waals surface area contributed by atoms with Crippen LogP contribution in [0.3, 0.4) is 0 Å². The molecule has 2 aromatic rings. The van der Waals surface area contributed by atoms with Gasteiger partial charge in [-0.05, 0) is 24.5 Å². The summed E-state index contributed by atoms with van der Waals surface area (Å²) in [6, 6.07) is 7.40. The number of benzene rings is 1. The van der Waals surface area contributed by atoms with E-state index in [-0.39, 0.29) is 48.1 Å². The maximum absolute atomic E-state index is 12.6. The first kappa shape index (κ1) is 24.4. The number of nitrogens with zero attached hydrogens (tertiary/aromatic N) is 1. The Hall–Kier alpha value is -2.85. The number of carboxylic acids is 1. The molecule has 0 aliphatic heterocycles. The summed E-state index contributed by atoms with van der Waals surface area (Å²) in [6.07, 6.45) is -3.56. The average molecular weight is 442 g/mol. The number of alkyl halides is 3. The molecule has 0 spiro atoms. The summed E-state index contributed by atoms with van der Waals surface area (Å²) in [7, 11) is 0. The molecule has 10 heteroatoms. The van der Waals surface area contributed by atoms with Crippen molar-refractivity contribution >= 4 is 5.97 Å². The maximum atomic E-state index is 12.6. The molecule has 0 bridgehead atoms. The van der Waals surface area contributed by atoms with E-state index in [1.165, 1.54) is 36.5 Å². The number of hydrogen-bond donors (Lipinski definition) is 3. The lowest BCUT2D eigenvalue weighted by Gasteiger charge is -2.30. The lowest BCUT2D eigenvalue weighted by atomic mass is 9.84. The third kappa shape index (κ3) is 7.11. The number of carbonyl (C=O) groups is 1. The lowest BCUT2D eigenvalue weighted by Crippen LogP contribution is -2.56. The summed E-state index contributed by atoms with van der Waals surface area (Å²) in [5.41, 5.74) is 4.09. The minimum atomic E-state index is -4.84. The van der Waals surface area contributed by atoms with Crippen molar-refractivity contribution in [2.75, 3.05) is 0 Å². The summed E-state index contributed by atoms with van der Waals surface area (Å²) < 4.78 is 47.2. The van der Waals surface area contributed by atoms with Gasteiger partial charge in [0.15, 0.2) is 5.60 Å². The number of aromatic nitrogens is 1. The van der Waals surface area contributed by atoms with Gasteiger partial charge < -0.3 is 25.4 Å². The molecule has 0 fully saturated rings. The van der Waals surface area contributed by atoms with Gasteiger partial charge in [0.1, 0.15) is 18.1 Å². The van der Waals surface area contributed by atoms with E-state index >= 15 is 0 Å². The number of para-hydroxylation sites is 1. The Morgan fingerprint density at radius 3 is 2.52 bits per heavy atom. The monoisotopic (exact) mass is 442 g/mol. The molecule has 1 aromatic heterocycles. The van der Waals surface area contributed by atoms with Crippen molar-refractivity contribution in [1.29, 1.82) is 0 Å². The van der Waals surface area contributed by atoms with E-state index < -0.39 is 24.0 Å². The number of pyridine rings is 1. The molecular formula is C21H25F3N2O5. The third-order valence-corrected chi connectivity index (χ3v) is 4.54. The molecule has 4 N–H and O–H groups in total. The molecule has 0 saturated heterocycles. The Kier molecular flexibility index (Phi) is 7.85. The predicted octanol–water partition coefficient (Wildman–Crippen LogP) is 3.29. The Morgan fingerprint density at radius 2 is 1.90 bits per heavy atom. The van der Waals surface area contributed by atoms with E-state index in [0.29, 0.717) is 0 Å². The van der Waals surface area contributed by atoms with Gasteiger partial charge in [0.2, 0.25) is 0 Å². The second kappa shape index (κ2) is 9.97. The zero-order chi connectivity index (χ0) is 23.2. The number of nitrogens with two attached hydrogens (primary N) is 1. The van der Waals surface area contributed by atoms with Gasteiger partial charge >= 0.3 is 12.3 Å². The van der Waals surface area contributed by atoms with Crippen LogP contribution in [-0.2, 0) is 17.8 Å². The smallest absolute Gasteiger partial charge is 0.489 e. The molecule has 1 aromatic carbocycles. The minimum Gasteiger partial charge on any atom is -0.489 e. The van der Waals surface area contributed by atoms with Crippen LogP contribution in [0.5, 0.6) is 11.5 Å². The number of rotatable bonds is 10. The van der Waals surface area contributed by atoms with Crippen molar-refractivity contribution in [2.24, 2.45) is 11.7 Å². The van der Waals surface area contributed by atoms with Gasteiger partial charge in [0.05, 0.1) is 0 Å². The first-order chi connectivity index (χ1) is 14.4. The first-order valence-electron chi connectivity index (χ1n) is 9.53. The Labute approximate surface area is 177 Å². The van der Waals surface area contributed by atoms with Crippen LogP contribution in [0.25, 0.3) is 0 Å². The van der Waals surface area contributed by atoms with Crippen LogP contribution in [0.1, 0.15) is 31.5 Å². The molecule has 0 radical (unpaired) electrons. The summed E-state index contributed by atoms with van der Waals surface area (Å²) in [4.78, 5) is 15.8. The Balaban J connectivity index is 2.15. The first-order valence-corrected chi connectivity index (χ1v) is 9.53. The number of halogens is 3. The number of ether oxygens (including phenoxy) is 2. The number of hydrogen-bond acceptors (Lipinski definition) is 6. The Bertz CT molecular complexity index is 891. The second-order valence-electron chi connectivity index (χ2n) is 7.57. The molecule has 31 heavy (non-hydrogen) atoms. The van der Waals surface area contributed by atoms with E-state index in [9.17, 15) is 28.2 Å². The van der Waals surface area contributed by atoms with E-state index in [2.05, 4.69) is 9.72 Å². The van der Waals surface area contributed by atoms with Crippen molar-refractivity contribution in [2.45, 2.75) is 51.3 Å². The van der Waals surface area contributed by atoms with Crippen molar-refractivity contribution in [3.05, 3.63) is 53.9 Å². The molecule has 0 unspecified atom stereocenters. The van der Waals surface area contributed by atoms with Crippen LogP contribution in [0, 0.1) is 5.92 Å². The molecule has 0 saturated carbocycles. The van der Waals surface area contributed by atoms with Gasteiger partial charge in [-0.2, -0.15) is 0 Å². The fourth-order valence-electron chi connectivity index (χ4n) is 3.00. The zero-order valence-corrected chi connectivity index (χ0v) is 17.1. The minimum absolute atomic E-state index is 0.0717. The molecular weight excluding hydrogens is 417 g/mol. The van der Waals surface area contributed by atoms with Crippen LogP contribution >= 0.6 is 0 Å². The highest BCUT2D eigenvalue weighted by atomic mass is 19.4. The van der Waals surface area contributed by atoms with Crippen molar-refractivity contribution in [3.63, 3.8) is 0 Å². The highest BCUT2D eigenvalue weighted by Crippen LogP contribution is 2.28. The predicted molar refractivity (Wildman–Crippen MR) is 105 cm³/mol. The van der Waals surface area contributed by atoms with Crippen LogP contribution in [0.15, 0.2) is 42.6 Å². The highest BCUT2D eigenvalue weighted by molar-refractivity contribution is 5.78. The topological polar surface area (TPSA) is 115 Å². The SMILES string of the molecule is CC(C)C[C@H](N)[C@](O)(Cc1cc(OCc2ccccc2OC(F)(F)F)ccn1)C(=O)O. The number of aliphatic hydroxyl groups is 1. The largest absolute Gasteiger partial charge is 0.573 e. The molecule has 0 aliphatic rings. The molecule has 7 nitrogen and oxygen atoms in total. The molecule has 170 valence electrons. The van der Waals surface area contributed by atoms with Crippen LogP contribution < -0.4 is 15.2 Å². The number of aliphatic carboxylic acids is 1. The van der Waals surface area contributed by atoms with Crippen LogP contribution in [0.4, 0.5) is 13.2 Å². The van der Waals surface area contributed by atoms with E-state index in [1.54, 1.807) is 6.07 Å². The highest BCUT2D eigenvalue weighted by Gasteiger charge is 2.43. The molecule has 2 rings (SSSR count). The van der Waals surface area contributed by atoms with Crippen molar-refractivity contribution in [1.82, 2.24) is 4.98 Å². The fourth-order valence-corrected chi connectivity index (χ4v) is 3.00. The number of carboxylic acid groups (broad SMARTS) is 1. The van der Waals surface area contributed by atoms with Gasteiger partial charge in [-0.15, -0.1) is 13.2 Å². The van der Waals surface area contributed by atoms with Gasteiger partial charge in [0.25, 0.3) is 0 Å². The lowest BCUT2D eigenvalue weighted by molar-refractivity contribution is -0.275. The van der Waals surface area contributed by atoms with Crippen LogP contribution in [0.2, 0.25) is 0 Å². The fraction of sp³-hybridized carbons (Fsp3) is 0.429. The van der Waals surface area contributed by atoms with Crippen LogP contribution in [-0.4, -0.2) is 39.2 Å².